The number of benzene rings is 2. The summed E-state index contributed by atoms with van der Waals surface area (Å²) in [5, 5.41) is 2.78. The van der Waals surface area contributed by atoms with E-state index in [0.29, 0.717) is 10.2 Å². The van der Waals surface area contributed by atoms with E-state index < -0.39 is 10.0 Å². The van der Waals surface area contributed by atoms with Crippen LogP contribution in [-0.2, 0) is 16.6 Å². The number of hydrogen-bond acceptors (Lipinski definition) is 4. The molecule has 0 spiro atoms. The Bertz CT molecular complexity index is 1160. The van der Waals surface area contributed by atoms with E-state index in [4.69, 9.17) is 0 Å². The quantitative estimate of drug-likeness (QED) is 0.561. The highest BCUT2D eigenvalue weighted by atomic mass is 79.9. The first-order chi connectivity index (χ1) is 13.8. The number of halogens is 1. The maximum absolute atomic E-state index is 12.8. The van der Waals surface area contributed by atoms with Crippen LogP contribution in [0, 0.1) is 13.8 Å². The molecule has 2 aromatic carbocycles. The number of nitrogens with one attached hydrogen (secondary N) is 2. The van der Waals surface area contributed by atoms with Gasteiger partial charge in [0.15, 0.2) is 0 Å². The van der Waals surface area contributed by atoms with Gasteiger partial charge in [0.2, 0.25) is 0 Å². The number of hydrogen-bond donors (Lipinski definition) is 2. The summed E-state index contributed by atoms with van der Waals surface area (Å²) >= 11 is 3.34. The molecule has 0 aliphatic rings. The van der Waals surface area contributed by atoms with E-state index in [2.05, 4.69) is 31.0 Å². The van der Waals surface area contributed by atoms with Gasteiger partial charge < -0.3 is 5.32 Å². The van der Waals surface area contributed by atoms with Crippen molar-refractivity contribution in [2.45, 2.75) is 25.3 Å². The average molecular weight is 474 g/mol. The van der Waals surface area contributed by atoms with Gasteiger partial charge in [0, 0.05) is 16.2 Å². The molecule has 1 aromatic heterocycles. The first-order valence-electron chi connectivity index (χ1n) is 8.84. The van der Waals surface area contributed by atoms with Crippen LogP contribution in [0.15, 0.2) is 70.2 Å². The second-order valence-corrected chi connectivity index (χ2v) is 9.10. The molecule has 3 rings (SSSR count). The molecule has 8 heteroatoms. The van der Waals surface area contributed by atoms with Gasteiger partial charge in [0.1, 0.15) is 0 Å². The summed E-state index contributed by atoms with van der Waals surface area (Å²) in [5.41, 5.74) is 3.34. The topological polar surface area (TPSA) is 88.2 Å². The lowest BCUT2D eigenvalue weighted by Crippen LogP contribution is -2.24. The zero-order chi connectivity index (χ0) is 21.0. The SMILES string of the molecule is Cc1ccc(Br)c(NS(=O)(=O)c2cccc(C(=O)NCc3ncccc3C)c2)c1. The van der Waals surface area contributed by atoms with E-state index in [9.17, 15) is 13.2 Å². The molecule has 6 nitrogen and oxygen atoms in total. The van der Waals surface area contributed by atoms with E-state index in [1.807, 2.05) is 32.0 Å². The van der Waals surface area contributed by atoms with Crippen molar-refractivity contribution in [2.24, 2.45) is 0 Å². The smallest absolute Gasteiger partial charge is 0.261 e. The van der Waals surface area contributed by atoms with Crippen LogP contribution in [-0.4, -0.2) is 19.3 Å². The number of anilines is 1. The van der Waals surface area contributed by atoms with Crippen LogP contribution in [0.1, 0.15) is 27.2 Å². The number of sulfonamides is 1. The Morgan fingerprint density at radius 2 is 1.86 bits per heavy atom. The number of carbonyl (C=O) groups excluding carboxylic acids is 1. The molecule has 1 amide bonds. The van der Waals surface area contributed by atoms with Gasteiger partial charge in [-0.3, -0.25) is 14.5 Å². The first kappa shape index (κ1) is 21.0. The first-order valence-corrected chi connectivity index (χ1v) is 11.1. The summed E-state index contributed by atoms with van der Waals surface area (Å²) < 4.78 is 28.8. The largest absolute Gasteiger partial charge is 0.346 e. The fourth-order valence-corrected chi connectivity index (χ4v) is 4.29. The predicted molar refractivity (Wildman–Crippen MR) is 116 cm³/mol. The third kappa shape index (κ3) is 5.21. The molecular weight excluding hydrogens is 454 g/mol. The molecule has 0 bridgehead atoms. The monoisotopic (exact) mass is 473 g/mol. The Balaban J connectivity index is 1.78. The molecule has 0 atom stereocenters. The minimum atomic E-state index is -3.85. The molecule has 0 saturated heterocycles. The minimum Gasteiger partial charge on any atom is -0.346 e. The van der Waals surface area contributed by atoms with Gasteiger partial charge in [-0.05, 0) is 77.3 Å². The number of nitrogens with zero attached hydrogens (tertiary/aromatic N) is 1. The van der Waals surface area contributed by atoms with Crippen LogP contribution in [0.2, 0.25) is 0 Å². The average Bonchev–Trinajstić information content (AvgIpc) is 2.70. The van der Waals surface area contributed by atoms with Crippen LogP contribution < -0.4 is 10.0 Å². The van der Waals surface area contributed by atoms with Crippen LogP contribution in [0.3, 0.4) is 0 Å². The van der Waals surface area contributed by atoms with E-state index in [1.165, 1.54) is 12.1 Å². The third-order valence-corrected chi connectivity index (χ3v) is 6.36. The molecule has 0 unspecified atom stereocenters. The molecular formula is C21H20BrN3O3S. The van der Waals surface area contributed by atoms with Crippen molar-refractivity contribution in [1.82, 2.24) is 10.3 Å². The zero-order valence-electron chi connectivity index (χ0n) is 15.9. The Kier molecular flexibility index (Phi) is 6.34. The molecule has 0 aliphatic heterocycles. The van der Waals surface area contributed by atoms with Crippen LogP contribution >= 0.6 is 15.9 Å². The molecule has 29 heavy (non-hydrogen) atoms. The lowest BCUT2D eigenvalue weighted by Gasteiger charge is -2.12. The molecule has 150 valence electrons. The zero-order valence-corrected chi connectivity index (χ0v) is 18.3. The molecule has 0 fully saturated rings. The van der Waals surface area contributed by atoms with Gasteiger partial charge in [-0.1, -0.05) is 18.2 Å². The molecule has 0 radical (unpaired) electrons. The van der Waals surface area contributed by atoms with Gasteiger partial charge in [0.05, 0.1) is 22.8 Å². The van der Waals surface area contributed by atoms with Crippen LogP contribution in [0.25, 0.3) is 0 Å². The third-order valence-electron chi connectivity index (χ3n) is 4.31. The second kappa shape index (κ2) is 8.75. The van der Waals surface area contributed by atoms with E-state index in [1.54, 1.807) is 30.5 Å². The normalized spacial score (nSPS) is 11.1. The summed E-state index contributed by atoms with van der Waals surface area (Å²) in [6.45, 7) is 4.05. The Hall–Kier alpha value is -2.71. The molecule has 1 heterocycles. The molecule has 0 aliphatic carbocycles. The lowest BCUT2D eigenvalue weighted by molar-refractivity contribution is 0.0950. The Labute approximate surface area is 178 Å². The van der Waals surface area contributed by atoms with Gasteiger partial charge >= 0.3 is 0 Å². The van der Waals surface area contributed by atoms with Crippen molar-refractivity contribution >= 4 is 37.5 Å². The number of amides is 1. The van der Waals surface area contributed by atoms with E-state index >= 15 is 0 Å². The number of rotatable bonds is 6. The van der Waals surface area contributed by atoms with E-state index in [-0.39, 0.29) is 22.9 Å². The molecule has 3 aromatic rings. The standard InChI is InChI=1S/C21H20BrN3O3S/c1-14-8-9-18(22)19(11-14)25-29(27,28)17-7-3-6-16(12-17)21(26)24-13-20-15(2)5-4-10-23-20/h3-12,25H,13H2,1-2H3,(H,24,26). The van der Waals surface area contributed by atoms with Gasteiger partial charge in [-0.2, -0.15) is 0 Å². The van der Waals surface area contributed by atoms with Crippen molar-refractivity contribution in [3.63, 3.8) is 0 Å². The maximum Gasteiger partial charge on any atom is 0.261 e. The van der Waals surface area contributed by atoms with Crippen LogP contribution in [0.4, 0.5) is 5.69 Å². The molecule has 2 N–H and O–H groups in total. The van der Waals surface area contributed by atoms with Gasteiger partial charge in [0.25, 0.3) is 15.9 Å². The van der Waals surface area contributed by atoms with Crippen molar-refractivity contribution in [3.8, 4) is 0 Å². The summed E-state index contributed by atoms with van der Waals surface area (Å²) in [7, 11) is -3.85. The Morgan fingerprint density at radius 1 is 1.07 bits per heavy atom. The minimum absolute atomic E-state index is 0.00701. The second-order valence-electron chi connectivity index (χ2n) is 6.57. The molecule has 0 saturated carbocycles. The van der Waals surface area contributed by atoms with Gasteiger partial charge in [-0.15, -0.1) is 0 Å². The summed E-state index contributed by atoms with van der Waals surface area (Å²) in [4.78, 5) is 16.7. The Morgan fingerprint density at radius 3 is 2.62 bits per heavy atom. The predicted octanol–water partition coefficient (Wildman–Crippen LogP) is 4.19. The van der Waals surface area contributed by atoms with Gasteiger partial charge in [-0.25, -0.2) is 8.42 Å². The van der Waals surface area contributed by atoms with E-state index in [0.717, 1.165) is 16.8 Å². The van der Waals surface area contributed by atoms with Crippen molar-refractivity contribution in [3.05, 3.63) is 87.7 Å². The highest BCUT2D eigenvalue weighted by Gasteiger charge is 2.18. The number of aromatic nitrogens is 1. The fourth-order valence-electron chi connectivity index (χ4n) is 2.70. The van der Waals surface area contributed by atoms with Crippen LogP contribution in [0.5, 0.6) is 0 Å². The summed E-state index contributed by atoms with van der Waals surface area (Å²) in [5.74, 6) is -0.371. The fraction of sp³-hybridized carbons (Fsp3) is 0.143. The number of carbonyl (C=O) groups is 1. The van der Waals surface area contributed by atoms with Crippen molar-refractivity contribution < 1.29 is 13.2 Å². The number of pyridine rings is 1. The number of aryl methyl sites for hydroxylation is 2. The highest BCUT2D eigenvalue weighted by Crippen LogP contribution is 2.26. The summed E-state index contributed by atoms with van der Waals surface area (Å²) in [6, 6.07) is 15.0. The highest BCUT2D eigenvalue weighted by molar-refractivity contribution is 9.10. The van der Waals surface area contributed by atoms with Crippen molar-refractivity contribution in [2.75, 3.05) is 4.72 Å². The summed E-state index contributed by atoms with van der Waals surface area (Å²) in [6.07, 6.45) is 1.66. The lowest BCUT2D eigenvalue weighted by atomic mass is 10.2. The van der Waals surface area contributed by atoms with Crippen molar-refractivity contribution in [1.29, 1.82) is 0 Å². The maximum atomic E-state index is 12.8.